The van der Waals surface area contributed by atoms with Crippen LogP contribution in [0.5, 0.6) is 11.5 Å². The maximum absolute atomic E-state index is 13.3. The molecule has 26 heavy (non-hydrogen) atoms. The summed E-state index contributed by atoms with van der Waals surface area (Å²) in [5.74, 6) is -2.02. The lowest BCUT2D eigenvalue weighted by Crippen LogP contribution is -2.26. The molecule has 0 aliphatic carbocycles. The molecule has 1 aromatic carbocycles. The molecule has 2 heterocycles. The molecule has 2 aliphatic rings. The predicted octanol–water partition coefficient (Wildman–Crippen LogP) is 2.65. The van der Waals surface area contributed by atoms with E-state index in [1.807, 2.05) is 6.07 Å². The molecule has 0 bridgehead atoms. The van der Waals surface area contributed by atoms with Gasteiger partial charge in [-0.25, -0.2) is 4.79 Å². The van der Waals surface area contributed by atoms with E-state index in [2.05, 4.69) is 9.47 Å². The van der Waals surface area contributed by atoms with Gasteiger partial charge in [0.1, 0.15) is 17.4 Å². The monoisotopic (exact) mass is 364 g/mol. The molecule has 136 valence electrons. The number of esters is 1. The molecule has 0 saturated carbocycles. The van der Waals surface area contributed by atoms with Gasteiger partial charge in [0.05, 0.1) is 18.1 Å². The van der Waals surface area contributed by atoms with Gasteiger partial charge in [-0.3, -0.25) is 0 Å². The second-order valence-electron chi connectivity index (χ2n) is 5.49. The van der Waals surface area contributed by atoms with Crippen LogP contribution < -0.4 is 15.2 Å². The number of nitrogens with two attached hydrogens (primary N) is 1. The first kappa shape index (κ1) is 17.5. The van der Waals surface area contributed by atoms with E-state index in [0.29, 0.717) is 5.56 Å². The quantitative estimate of drug-likeness (QED) is 0.822. The van der Waals surface area contributed by atoms with Gasteiger partial charge in [0.25, 0.3) is 0 Å². The number of benzene rings is 1. The lowest BCUT2D eigenvalue weighted by Gasteiger charge is -2.26. The van der Waals surface area contributed by atoms with Gasteiger partial charge in [-0.05, 0) is 31.5 Å². The average Bonchev–Trinajstić information content (AvgIpc) is 2.87. The van der Waals surface area contributed by atoms with Crippen LogP contribution in [0.25, 0.3) is 0 Å². The number of fused-ring (bicyclic) bond motifs is 1. The number of hydrogen-bond donors (Lipinski definition) is 1. The van der Waals surface area contributed by atoms with Crippen molar-refractivity contribution in [3.63, 3.8) is 0 Å². The number of carbonyl (C=O) groups excluding carboxylic acids is 1. The third kappa shape index (κ3) is 2.90. The maximum atomic E-state index is 13.3. The summed E-state index contributed by atoms with van der Waals surface area (Å²) >= 11 is 0. The number of allylic oxidation sites excluding steroid dienone is 2. The van der Waals surface area contributed by atoms with Gasteiger partial charge in [0, 0.05) is 0 Å². The molecule has 1 atom stereocenters. The second-order valence-corrected chi connectivity index (χ2v) is 5.49. The highest BCUT2D eigenvalue weighted by molar-refractivity contribution is 5.92. The van der Waals surface area contributed by atoms with E-state index in [1.165, 1.54) is 25.1 Å². The van der Waals surface area contributed by atoms with E-state index >= 15 is 0 Å². The van der Waals surface area contributed by atoms with Crippen LogP contribution in [0, 0.1) is 11.3 Å². The van der Waals surface area contributed by atoms with Crippen LogP contribution in [0.1, 0.15) is 25.3 Å². The minimum Gasteiger partial charge on any atom is -0.463 e. The molecule has 0 amide bonds. The fourth-order valence-corrected chi connectivity index (χ4v) is 2.83. The number of carbonyl (C=O) groups is 1. The highest BCUT2D eigenvalue weighted by Crippen LogP contribution is 2.46. The summed E-state index contributed by atoms with van der Waals surface area (Å²) in [7, 11) is 0. The van der Waals surface area contributed by atoms with Crippen LogP contribution in [0.3, 0.4) is 0 Å². The zero-order valence-corrected chi connectivity index (χ0v) is 13.8. The van der Waals surface area contributed by atoms with E-state index in [0.717, 1.165) is 0 Å². The van der Waals surface area contributed by atoms with E-state index in [1.54, 1.807) is 6.92 Å². The zero-order valence-electron chi connectivity index (χ0n) is 13.8. The van der Waals surface area contributed by atoms with Gasteiger partial charge in [-0.15, -0.1) is 8.78 Å². The largest absolute Gasteiger partial charge is 0.586 e. The highest BCUT2D eigenvalue weighted by Gasteiger charge is 2.44. The number of nitriles is 1. The summed E-state index contributed by atoms with van der Waals surface area (Å²) in [6.07, 6.45) is -3.78. The molecule has 9 heteroatoms. The van der Waals surface area contributed by atoms with Gasteiger partial charge in [-0.1, -0.05) is 6.07 Å². The van der Waals surface area contributed by atoms with Crippen molar-refractivity contribution < 1.29 is 32.5 Å². The van der Waals surface area contributed by atoms with Crippen molar-refractivity contribution in [3.8, 4) is 17.6 Å². The minimum atomic E-state index is -3.78. The van der Waals surface area contributed by atoms with Crippen molar-refractivity contribution in [1.29, 1.82) is 5.26 Å². The third-order valence-corrected chi connectivity index (χ3v) is 3.86. The van der Waals surface area contributed by atoms with E-state index in [9.17, 15) is 18.8 Å². The summed E-state index contributed by atoms with van der Waals surface area (Å²) in [5, 5.41) is 9.47. The molecular formula is C17H14F2N2O5. The number of halogens is 2. The first-order valence-electron chi connectivity index (χ1n) is 7.62. The van der Waals surface area contributed by atoms with Crippen LogP contribution in [-0.4, -0.2) is 18.9 Å². The normalized spacial score (nSPS) is 20.5. The summed E-state index contributed by atoms with van der Waals surface area (Å²) < 4.78 is 45.6. The number of nitrogens with zero attached hydrogens (tertiary/aromatic N) is 1. The first-order valence-corrected chi connectivity index (χ1v) is 7.62. The maximum Gasteiger partial charge on any atom is 0.586 e. The van der Waals surface area contributed by atoms with E-state index in [-0.39, 0.29) is 40.9 Å². The Balaban J connectivity index is 2.11. The minimum absolute atomic E-state index is 0.0377. The Labute approximate surface area is 147 Å². The fraction of sp³-hybridized carbons (Fsp3) is 0.294. The van der Waals surface area contributed by atoms with Crippen molar-refractivity contribution in [3.05, 3.63) is 46.6 Å². The van der Waals surface area contributed by atoms with Crippen LogP contribution in [-0.2, 0) is 14.3 Å². The summed E-state index contributed by atoms with van der Waals surface area (Å²) in [6.45, 7) is 3.24. The summed E-state index contributed by atoms with van der Waals surface area (Å²) in [6, 6.07) is 5.88. The van der Waals surface area contributed by atoms with E-state index in [4.69, 9.17) is 15.2 Å². The molecule has 0 fully saturated rings. The van der Waals surface area contributed by atoms with Gasteiger partial charge >= 0.3 is 12.3 Å². The Morgan fingerprint density at radius 3 is 2.73 bits per heavy atom. The Kier molecular flexibility index (Phi) is 4.20. The van der Waals surface area contributed by atoms with Gasteiger partial charge in [0.2, 0.25) is 5.88 Å². The molecule has 2 N–H and O–H groups in total. The van der Waals surface area contributed by atoms with Crippen LogP contribution >= 0.6 is 0 Å². The van der Waals surface area contributed by atoms with Gasteiger partial charge in [0.15, 0.2) is 11.5 Å². The van der Waals surface area contributed by atoms with Crippen molar-refractivity contribution >= 4 is 5.97 Å². The van der Waals surface area contributed by atoms with Crippen molar-refractivity contribution in [2.45, 2.75) is 26.1 Å². The molecule has 0 spiro atoms. The Morgan fingerprint density at radius 1 is 1.38 bits per heavy atom. The topological polar surface area (TPSA) is 104 Å². The van der Waals surface area contributed by atoms with Crippen molar-refractivity contribution in [2.24, 2.45) is 5.73 Å². The molecule has 2 aliphatic heterocycles. The van der Waals surface area contributed by atoms with E-state index < -0.39 is 18.2 Å². The molecule has 0 radical (unpaired) electrons. The summed E-state index contributed by atoms with van der Waals surface area (Å²) in [5.41, 5.74) is 6.12. The summed E-state index contributed by atoms with van der Waals surface area (Å²) in [4.78, 5) is 12.4. The Bertz CT molecular complexity index is 886. The highest BCUT2D eigenvalue weighted by atomic mass is 19.3. The Morgan fingerprint density at radius 2 is 2.08 bits per heavy atom. The van der Waals surface area contributed by atoms with Crippen LogP contribution in [0.2, 0.25) is 0 Å². The molecule has 1 unspecified atom stereocenters. The number of hydrogen-bond acceptors (Lipinski definition) is 7. The number of ether oxygens (including phenoxy) is 4. The first-order chi connectivity index (χ1) is 12.3. The van der Waals surface area contributed by atoms with Crippen LogP contribution in [0.4, 0.5) is 8.78 Å². The van der Waals surface area contributed by atoms with Crippen molar-refractivity contribution in [1.82, 2.24) is 0 Å². The van der Waals surface area contributed by atoms with Crippen molar-refractivity contribution in [2.75, 3.05) is 6.61 Å². The lowest BCUT2D eigenvalue weighted by atomic mass is 9.83. The second kappa shape index (κ2) is 6.22. The Hall–Kier alpha value is -3.28. The smallest absolute Gasteiger partial charge is 0.463 e. The van der Waals surface area contributed by atoms with Gasteiger partial charge < -0.3 is 24.7 Å². The predicted molar refractivity (Wildman–Crippen MR) is 82.6 cm³/mol. The van der Waals surface area contributed by atoms with Crippen LogP contribution in [0.15, 0.2) is 41.0 Å². The van der Waals surface area contributed by atoms with Gasteiger partial charge in [-0.2, -0.15) is 5.26 Å². The zero-order chi connectivity index (χ0) is 19.1. The molecule has 0 saturated heterocycles. The molecule has 1 aromatic rings. The standard InChI is InChI=1S/C17H14F2N2O5/c1-3-23-16(22)13-8(2)24-15(21)10(7-20)14(13)9-4-5-11-12(6-9)26-17(18,19)25-11/h4-6,14H,3,21H2,1-2H3. The molecule has 7 nitrogen and oxygen atoms in total. The SMILES string of the molecule is CCOC(=O)C1=C(C)OC(N)=C(C#N)C1c1ccc2c(c1)OC(F)(F)O2. The average molecular weight is 364 g/mol. The molecule has 3 rings (SSSR count). The molecule has 0 aromatic heterocycles. The number of rotatable bonds is 3. The third-order valence-electron chi connectivity index (χ3n) is 3.86. The number of alkyl halides is 2. The fourth-order valence-electron chi connectivity index (χ4n) is 2.83. The molecular weight excluding hydrogens is 350 g/mol. The lowest BCUT2D eigenvalue weighted by molar-refractivity contribution is -0.286.